The summed E-state index contributed by atoms with van der Waals surface area (Å²) in [6.45, 7) is -1.59. The van der Waals surface area contributed by atoms with Gasteiger partial charge in [-0.25, -0.2) is 4.79 Å². The molecule has 0 saturated heterocycles. The summed E-state index contributed by atoms with van der Waals surface area (Å²) in [5, 5.41) is 8.73. The third kappa shape index (κ3) is 5.91. The zero-order chi connectivity index (χ0) is 28.6. The summed E-state index contributed by atoms with van der Waals surface area (Å²) in [5.74, 6) is -1.79. The number of hydrogen-bond acceptors (Lipinski definition) is 7. The SMILES string of the molecule is COc1cc(-c2c3c(OC(F)F)cc(-c4cnn(C)c4)cc3nn2C)cc(OC(F)F)c1C(=O)OC(C)(C)C. The highest BCUT2D eigenvalue weighted by Crippen LogP contribution is 2.43. The molecule has 13 heteroatoms. The third-order valence-electron chi connectivity index (χ3n) is 5.53. The van der Waals surface area contributed by atoms with Crippen molar-refractivity contribution in [1.29, 1.82) is 0 Å². The lowest BCUT2D eigenvalue weighted by Gasteiger charge is -2.22. The average molecular weight is 551 g/mol. The summed E-state index contributed by atoms with van der Waals surface area (Å²) in [7, 11) is 4.50. The fraction of sp³-hybridized carbons (Fsp3) is 0.346. The summed E-state index contributed by atoms with van der Waals surface area (Å²) in [4.78, 5) is 12.9. The van der Waals surface area contributed by atoms with Gasteiger partial charge in [0.25, 0.3) is 0 Å². The third-order valence-corrected chi connectivity index (χ3v) is 5.53. The molecule has 2 aromatic heterocycles. The van der Waals surface area contributed by atoms with Crippen LogP contribution in [0.1, 0.15) is 31.1 Å². The maximum absolute atomic E-state index is 13.5. The van der Waals surface area contributed by atoms with Crippen LogP contribution < -0.4 is 14.2 Å². The maximum atomic E-state index is 13.5. The van der Waals surface area contributed by atoms with E-state index in [1.807, 2.05) is 0 Å². The zero-order valence-corrected chi connectivity index (χ0v) is 22.0. The Bertz CT molecular complexity index is 1530. The summed E-state index contributed by atoms with van der Waals surface area (Å²) in [5.41, 5.74) is 0.577. The van der Waals surface area contributed by atoms with Gasteiger partial charge in [-0.3, -0.25) is 9.36 Å². The number of methoxy groups -OCH3 is 1. The number of aryl methyl sites for hydroxylation is 2. The lowest BCUT2D eigenvalue weighted by atomic mass is 10.0. The van der Waals surface area contributed by atoms with Gasteiger partial charge >= 0.3 is 19.2 Å². The van der Waals surface area contributed by atoms with Crippen LogP contribution in [-0.2, 0) is 18.8 Å². The Hall–Kier alpha value is -4.29. The molecule has 4 rings (SSSR count). The Morgan fingerprint density at radius 3 is 2.08 bits per heavy atom. The molecule has 0 spiro atoms. The Morgan fingerprint density at radius 1 is 0.897 bits per heavy atom. The molecule has 0 saturated carbocycles. The van der Waals surface area contributed by atoms with Crippen LogP contribution in [0.4, 0.5) is 17.6 Å². The van der Waals surface area contributed by atoms with Gasteiger partial charge in [-0.05, 0) is 50.6 Å². The predicted molar refractivity (Wildman–Crippen MR) is 133 cm³/mol. The van der Waals surface area contributed by atoms with Crippen LogP contribution in [-0.4, -0.2) is 51.5 Å². The number of ether oxygens (including phenoxy) is 4. The first-order valence-corrected chi connectivity index (χ1v) is 11.6. The van der Waals surface area contributed by atoms with E-state index in [4.69, 9.17) is 14.2 Å². The number of esters is 1. The molecule has 4 aromatic rings. The van der Waals surface area contributed by atoms with Gasteiger partial charge in [0.2, 0.25) is 0 Å². The molecule has 0 aliphatic carbocycles. The second-order valence-electron chi connectivity index (χ2n) is 9.55. The van der Waals surface area contributed by atoms with Crippen molar-refractivity contribution in [3.8, 4) is 39.6 Å². The van der Waals surface area contributed by atoms with Gasteiger partial charge in [0.05, 0.1) is 29.9 Å². The van der Waals surface area contributed by atoms with Crippen molar-refractivity contribution in [2.45, 2.75) is 39.6 Å². The van der Waals surface area contributed by atoms with Crippen molar-refractivity contribution >= 4 is 16.9 Å². The molecule has 208 valence electrons. The van der Waals surface area contributed by atoms with E-state index < -0.39 is 30.5 Å². The van der Waals surface area contributed by atoms with Crippen molar-refractivity contribution in [2.75, 3.05) is 7.11 Å². The first-order chi connectivity index (χ1) is 18.3. The number of alkyl halides is 4. The van der Waals surface area contributed by atoms with E-state index in [0.717, 1.165) is 0 Å². The number of carbonyl (C=O) groups is 1. The normalized spacial score (nSPS) is 11.9. The lowest BCUT2D eigenvalue weighted by molar-refractivity contribution is -0.0512. The van der Waals surface area contributed by atoms with Gasteiger partial charge in [-0.1, -0.05) is 0 Å². The van der Waals surface area contributed by atoms with Gasteiger partial charge in [0.1, 0.15) is 28.4 Å². The summed E-state index contributed by atoms with van der Waals surface area (Å²) >= 11 is 0. The van der Waals surface area contributed by atoms with E-state index >= 15 is 0 Å². The summed E-state index contributed by atoms with van der Waals surface area (Å²) in [6, 6.07) is 5.64. The molecule has 0 fully saturated rings. The van der Waals surface area contributed by atoms with Crippen molar-refractivity contribution in [3.63, 3.8) is 0 Å². The lowest BCUT2D eigenvalue weighted by Crippen LogP contribution is -2.25. The molecule has 0 aliphatic rings. The van der Waals surface area contributed by atoms with E-state index in [1.165, 1.54) is 30.0 Å². The van der Waals surface area contributed by atoms with Gasteiger partial charge in [-0.15, -0.1) is 0 Å². The van der Waals surface area contributed by atoms with E-state index in [2.05, 4.69) is 14.9 Å². The number of aromatic nitrogens is 4. The van der Waals surface area contributed by atoms with Crippen LogP contribution in [0.3, 0.4) is 0 Å². The van der Waals surface area contributed by atoms with E-state index in [0.29, 0.717) is 11.1 Å². The molecule has 0 atom stereocenters. The van der Waals surface area contributed by atoms with Crippen LogP contribution in [0.25, 0.3) is 33.3 Å². The fourth-order valence-corrected chi connectivity index (χ4v) is 4.15. The summed E-state index contributed by atoms with van der Waals surface area (Å²) in [6.07, 6.45) is 3.26. The highest BCUT2D eigenvalue weighted by molar-refractivity contribution is 6.02. The van der Waals surface area contributed by atoms with Crippen molar-refractivity contribution in [2.24, 2.45) is 14.1 Å². The van der Waals surface area contributed by atoms with Crippen LogP contribution in [0.5, 0.6) is 17.2 Å². The van der Waals surface area contributed by atoms with Crippen LogP contribution in [0, 0.1) is 0 Å². The largest absolute Gasteiger partial charge is 0.496 e. The van der Waals surface area contributed by atoms with Crippen LogP contribution >= 0.6 is 0 Å². The molecule has 2 aromatic carbocycles. The number of carbonyl (C=O) groups excluding carboxylic acids is 1. The maximum Gasteiger partial charge on any atom is 0.387 e. The number of rotatable bonds is 8. The van der Waals surface area contributed by atoms with Gasteiger partial charge in [-0.2, -0.15) is 27.8 Å². The van der Waals surface area contributed by atoms with Crippen molar-refractivity contribution < 1.29 is 41.3 Å². The number of hydrogen-bond donors (Lipinski definition) is 0. The summed E-state index contributed by atoms with van der Waals surface area (Å²) < 4.78 is 77.0. The van der Waals surface area contributed by atoms with Gasteiger partial charge < -0.3 is 18.9 Å². The molecule has 2 heterocycles. The Labute approximate surface area is 220 Å². The number of nitrogens with zero attached hydrogens (tertiary/aromatic N) is 4. The van der Waals surface area contributed by atoms with E-state index in [9.17, 15) is 22.4 Å². The van der Waals surface area contributed by atoms with E-state index in [-0.39, 0.29) is 39.2 Å². The second kappa shape index (κ2) is 10.5. The molecule has 39 heavy (non-hydrogen) atoms. The predicted octanol–water partition coefficient (Wildman–Crippen LogP) is 5.81. The molecule has 0 amide bonds. The first kappa shape index (κ1) is 27.7. The van der Waals surface area contributed by atoms with Crippen molar-refractivity contribution in [3.05, 3.63) is 42.2 Å². The standard InChI is InChI=1S/C26H26F4N4O5/c1-26(2,3)39-23(35)21-17(36-6)9-14(10-19(21)38-25(29)30)22-20-16(32-34(22)5)7-13(8-18(20)37-24(27)28)15-11-31-33(4)12-15/h7-12,24-25H,1-6H3. The van der Waals surface area contributed by atoms with Crippen LogP contribution in [0.15, 0.2) is 36.7 Å². The van der Waals surface area contributed by atoms with Gasteiger partial charge in [0.15, 0.2) is 0 Å². The van der Waals surface area contributed by atoms with Gasteiger partial charge in [0, 0.05) is 31.4 Å². The number of benzene rings is 2. The number of halogens is 4. The topological polar surface area (TPSA) is 89.6 Å². The highest BCUT2D eigenvalue weighted by atomic mass is 19.3. The molecular formula is C26H26F4N4O5. The van der Waals surface area contributed by atoms with Crippen molar-refractivity contribution in [1.82, 2.24) is 19.6 Å². The highest BCUT2D eigenvalue weighted by Gasteiger charge is 2.29. The fourth-order valence-electron chi connectivity index (χ4n) is 4.15. The Morgan fingerprint density at radius 2 is 1.51 bits per heavy atom. The Kier molecular flexibility index (Phi) is 7.44. The molecule has 0 radical (unpaired) electrons. The molecule has 0 unspecified atom stereocenters. The molecule has 0 N–H and O–H groups in total. The monoisotopic (exact) mass is 550 g/mol. The first-order valence-electron chi connectivity index (χ1n) is 11.6. The minimum absolute atomic E-state index is 0.130. The molecular weight excluding hydrogens is 524 g/mol. The Balaban J connectivity index is 1.97. The molecule has 9 nitrogen and oxygen atoms in total. The smallest absolute Gasteiger partial charge is 0.387 e. The minimum atomic E-state index is -3.28. The van der Waals surface area contributed by atoms with E-state index in [1.54, 1.807) is 58.0 Å². The zero-order valence-electron chi connectivity index (χ0n) is 22.0. The molecule has 0 aliphatic heterocycles. The molecule has 0 bridgehead atoms. The number of fused-ring (bicyclic) bond motifs is 1. The quantitative estimate of drug-likeness (QED) is 0.202. The minimum Gasteiger partial charge on any atom is -0.496 e. The average Bonchev–Trinajstić information content (AvgIpc) is 3.38. The second-order valence-corrected chi connectivity index (χ2v) is 9.55. The van der Waals surface area contributed by atoms with Crippen LogP contribution in [0.2, 0.25) is 0 Å².